The van der Waals surface area contributed by atoms with Gasteiger partial charge in [-0.2, -0.15) is 15.1 Å². The fourth-order valence-corrected chi connectivity index (χ4v) is 9.10. The lowest BCUT2D eigenvalue weighted by Gasteiger charge is -2.54. The standard InChI is InChI=1S/C33H35ClF2N8O3/c34-23-10-24-21(13-38-41-24)25-20(23)4-1-9-46-31(45)43-16-32(17-43)5-2-7-42(15-32)29-22-12-37-28(25)26(36)27(22)39-30(40-29)47-18-33-6-3-8-44(33)14-19(35)11-33/h10,12-13,19H,1-9,11,14-18H2,(H,38,41)/t19-,33+/m1/s1. The van der Waals surface area contributed by atoms with E-state index in [2.05, 4.69) is 25.0 Å². The molecular weight excluding hydrogens is 630 g/mol. The topological polar surface area (TPSA) is 113 Å². The largest absolute Gasteiger partial charge is 0.461 e. The van der Waals surface area contributed by atoms with Crippen LogP contribution in [-0.4, -0.2) is 105 Å². The number of aromatic amines is 1. The van der Waals surface area contributed by atoms with Gasteiger partial charge in [0, 0.05) is 66.7 Å². The van der Waals surface area contributed by atoms with E-state index in [-0.39, 0.29) is 41.9 Å². The molecule has 4 aromatic rings. The number of rotatable bonds is 3. The summed E-state index contributed by atoms with van der Waals surface area (Å²) in [6.45, 7) is 4.19. The van der Waals surface area contributed by atoms with E-state index >= 15 is 4.39 Å². The van der Waals surface area contributed by atoms with Crippen molar-refractivity contribution in [2.75, 3.05) is 57.4 Å². The lowest BCUT2D eigenvalue weighted by Crippen LogP contribution is -2.64. The van der Waals surface area contributed by atoms with Crippen molar-refractivity contribution in [3.8, 4) is 17.3 Å². The first-order chi connectivity index (χ1) is 22.8. The number of H-pyrrole nitrogens is 1. The van der Waals surface area contributed by atoms with Crippen LogP contribution in [0.25, 0.3) is 33.1 Å². The van der Waals surface area contributed by atoms with Gasteiger partial charge in [-0.3, -0.25) is 15.0 Å². The Balaban J connectivity index is 1.20. The highest BCUT2D eigenvalue weighted by Gasteiger charge is 2.50. The number of fused-ring (bicyclic) bond motifs is 2. The summed E-state index contributed by atoms with van der Waals surface area (Å²) in [4.78, 5) is 33.3. The van der Waals surface area contributed by atoms with Gasteiger partial charge < -0.3 is 19.3 Å². The van der Waals surface area contributed by atoms with Crippen LogP contribution >= 0.6 is 11.6 Å². The van der Waals surface area contributed by atoms with Crippen molar-refractivity contribution >= 4 is 45.3 Å². The molecule has 7 aliphatic heterocycles. The number of amides is 1. The molecule has 4 fully saturated rings. The van der Waals surface area contributed by atoms with Crippen LogP contribution in [0, 0.1) is 11.2 Å². The van der Waals surface area contributed by atoms with E-state index in [1.165, 1.54) is 0 Å². The minimum Gasteiger partial charge on any atom is -0.461 e. The van der Waals surface area contributed by atoms with E-state index in [4.69, 9.17) is 31.0 Å². The second-order valence-electron chi connectivity index (χ2n) is 14.0. The number of carbonyl (C=O) groups excluding carboxylic acids is 1. The molecule has 0 aliphatic carbocycles. The third kappa shape index (κ3) is 4.71. The number of alkyl halides is 1. The number of ether oxygens (including phenoxy) is 2. The average molecular weight is 665 g/mol. The van der Waals surface area contributed by atoms with Crippen LogP contribution in [0.5, 0.6) is 6.01 Å². The Bertz CT molecular complexity index is 1920. The Kier molecular flexibility index (Phi) is 6.76. The van der Waals surface area contributed by atoms with Crippen molar-refractivity contribution in [3.63, 3.8) is 0 Å². The Hall–Kier alpha value is -3.84. The van der Waals surface area contributed by atoms with Crippen molar-refractivity contribution in [1.29, 1.82) is 0 Å². The molecule has 7 bridgehead atoms. The van der Waals surface area contributed by atoms with Gasteiger partial charge in [-0.1, -0.05) is 11.6 Å². The second kappa shape index (κ2) is 10.8. The normalized spacial score (nSPS) is 25.6. The summed E-state index contributed by atoms with van der Waals surface area (Å²) < 4.78 is 43.6. The van der Waals surface area contributed by atoms with Gasteiger partial charge in [0.15, 0.2) is 5.82 Å². The first-order valence-corrected chi connectivity index (χ1v) is 16.9. The second-order valence-corrected chi connectivity index (χ2v) is 14.4. The van der Waals surface area contributed by atoms with Gasteiger partial charge in [-0.15, -0.1) is 0 Å². The van der Waals surface area contributed by atoms with Crippen LogP contribution in [0.4, 0.5) is 19.4 Å². The fourth-order valence-electron chi connectivity index (χ4n) is 8.80. The molecule has 10 heterocycles. The summed E-state index contributed by atoms with van der Waals surface area (Å²) in [5.74, 6) is -0.0626. The first-order valence-electron chi connectivity index (χ1n) is 16.5. The molecule has 3 aromatic heterocycles. The maximum absolute atomic E-state index is 17.1. The van der Waals surface area contributed by atoms with Crippen molar-refractivity contribution in [2.24, 2.45) is 5.41 Å². The number of aromatic nitrogens is 5. The third-order valence-corrected chi connectivity index (χ3v) is 11.3. The predicted octanol–water partition coefficient (Wildman–Crippen LogP) is 5.30. The SMILES string of the molecule is O=C1OCCCc2c(Cl)cc3[nH]ncc3c2-c2ncc3c(nc(OC[C@@]45CCCN4C[C@H](F)C5)nc3c2F)N2CCCC3(CN1C3)C2. The number of pyridine rings is 1. The van der Waals surface area contributed by atoms with E-state index in [0.717, 1.165) is 32.2 Å². The lowest BCUT2D eigenvalue weighted by molar-refractivity contribution is -0.0117. The molecule has 1 aromatic carbocycles. The van der Waals surface area contributed by atoms with E-state index in [0.29, 0.717) is 90.2 Å². The zero-order chi connectivity index (χ0) is 31.9. The van der Waals surface area contributed by atoms with Crippen LogP contribution < -0.4 is 9.64 Å². The maximum atomic E-state index is 17.1. The molecule has 4 saturated heterocycles. The first kappa shape index (κ1) is 29.3. The van der Waals surface area contributed by atoms with Gasteiger partial charge in [-0.05, 0) is 56.7 Å². The molecule has 0 unspecified atom stereocenters. The van der Waals surface area contributed by atoms with E-state index in [1.807, 2.05) is 0 Å². The number of hydrogen-bond donors (Lipinski definition) is 1. The molecule has 1 amide bonds. The highest BCUT2D eigenvalue weighted by molar-refractivity contribution is 6.33. The molecule has 11 rings (SSSR count). The van der Waals surface area contributed by atoms with Gasteiger partial charge in [0.2, 0.25) is 0 Å². The van der Waals surface area contributed by atoms with Crippen molar-refractivity contribution in [3.05, 3.63) is 34.9 Å². The number of nitrogens with zero attached hydrogens (tertiary/aromatic N) is 7. The number of anilines is 1. The van der Waals surface area contributed by atoms with Crippen molar-refractivity contribution in [1.82, 2.24) is 34.9 Å². The van der Waals surface area contributed by atoms with Crippen LogP contribution in [0.3, 0.4) is 0 Å². The van der Waals surface area contributed by atoms with Crippen LogP contribution in [0.1, 0.15) is 44.1 Å². The van der Waals surface area contributed by atoms with E-state index < -0.39 is 17.5 Å². The molecule has 1 N–H and O–H groups in total. The lowest BCUT2D eigenvalue weighted by atomic mass is 9.73. The predicted molar refractivity (Wildman–Crippen MR) is 171 cm³/mol. The molecule has 2 atom stereocenters. The van der Waals surface area contributed by atoms with Gasteiger partial charge in [0.05, 0.1) is 29.2 Å². The monoisotopic (exact) mass is 664 g/mol. The molecular formula is C33H35ClF2N8O3. The van der Waals surface area contributed by atoms with Gasteiger partial charge >= 0.3 is 12.1 Å². The summed E-state index contributed by atoms with van der Waals surface area (Å²) in [7, 11) is 0. The summed E-state index contributed by atoms with van der Waals surface area (Å²) in [6, 6.07) is 1.83. The molecule has 7 aliphatic rings. The molecule has 47 heavy (non-hydrogen) atoms. The van der Waals surface area contributed by atoms with E-state index in [9.17, 15) is 9.18 Å². The summed E-state index contributed by atoms with van der Waals surface area (Å²) in [6.07, 6.45) is 7.05. The quantitative estimate of drug-likeness (QED) is 0.312. The van der Waals surface area contributed by atoms with Crippen LogP contribution in [0.2, 0.25) is 5.02 Å². The van der Waals surface area contributed by atoms with Gasteiger partial charge in [0.25, 0.3) is 0 Å². The Labute approximate surface area is 274 Å². The number of benzene rings is 1. The molecule has 11 nitrogen and oxygen atoms in total. The average Bonchev–Trinajstić information content (AvgIpc) is 3.75. The highest BCUT2D eigenvalue weighted by atomic mass is 35.5. The van der Waals surface area contributed by atoms with E-state index in [1.54, 1.807) is 23.4 Å². The number of nitrogens with one attached hydrogen (secondary N) is 1. The third-order valence-electron chi connectivity index (χ3n) is 11.0. The molecule has 246 valence electrons. The highest BCUT2D eigenvalue weighted by Crippen LogP contribution is 2.44. The fraction of sp³-hybridized carbons (Fsp3) is 0.545. The minimum absolute atomic E-state index is 0.0585. The zero-order valence-electron chi connectivity index (χ0n) is 25.9. The van der Waals surface area contributed by atoms with Crippen LogP contribution in [0.15, 0.2) is 18.5 Å². The Morgan fingerprint density at radius 3 is 2.83 bits per heavy atom. The van der Waals surface area contributed by atoms with Crippen molar-refractivity contribution in [2.45, 2.75) is 56.7 Å². The number of hydrogen-bond acceptors (Lipinski definition) is 9. The Morgan fingerprint density at radius 1 is 1.09 bits per heavy atom. The maximum Gasteiger partial charge on any atom is 0.409 e. The van der Waals surface area contributed by atoms with Gasteiger partial charge in [-0.25, -0.2) is 13.6 Å². The summed E-state index contributed by atoms with van der Waals surface area (Å²) in [5, 5.41) is 8.72. The zero-order valence-corrected chi connectivity index (χ0v) is 26.7. The van der Waals surface area contributed by atoms with Crippen LogP contribution in [-0.2, 0) is 11.2 Å². The van der Waals surface area contributed by atoms with Gasteiger partial charge in [0.1, 0.15) is 29.8 Å². The number of halogens is 3. The smallest absolute Gasteiger partial charge is 0.409 e. The summed E-state index contributed by atoms with van der Waals surface area (Å²) in [5.41, 5.74) is 1.52. The molecule has 0 saturated carbocycles. The summed E-state index contributed by atoms with van der Waals surface area (Å²) >= 11 is 6.81. The molecule has 14 heteroatoms. The number of carbonyl (C=O) groups is 1. The Morgan fingerprint density at radius 2 is 1.94 bits per heavy atom. The molecule has 0 radical (unpaired) electrons. The minimum atomic E-state index is -0.899. The molecule has 1 spiro atoms. The number of piperidine rings is 1. The van der Waals surface area contributed by atoms with Crippen molar-refractivity contribution < 1.29 is 23.0 Å².